The van der Waals surface area contributed by atoms with E-state index < -0.39 is 0 Å². The average molecular weight is 216 g/mol. The fourth-order valence-electron chi connectivity index (χ4n) is 2.34. The van der Waals surface area contributed by atoms with Crippen molar-refractivity contribution < 1.29 is 4.74 Å². The maximum absolute atomic E-state index is 6.05. The molecule has 0 fully saturated rings. The van der Waals surface area contributed by atoms with Crippen LogP contribution in [-0.4, -0.2) is 43.8 Å². The zero-order valence-electron chi connectivity index (χ0n) is 11.2. The maximum atomic E-state index is 6.05. The Bertz CT molecular complexity index is 163. The highest BCUT2D eigenvalue weighted by Crippen LogP contribution is 2.25. The van der Waals surface area contributed by atoms with Gasteiger partial charge in [-0.05, 0) is 26.3 Å². The van der Waals surface area contributed by atoms with Crippen molar-refractivity contribution >= 4 is 0 Å². The molecular weight excluding hydrogens is 188 g/mol. The molecule has 0 aliphatic carbocycles. The topological polar surface area (TPSA) is 38.5 Å². The van der Waals surface area contributed by atoms with E-state index in [2.05, 4.69) is 39.6 Å². The standard InChI is InChI=1S/C12H28N2O/c1-7-15-9-8-14(6)11(10(2)13)12(3,4)5/h10-11H,7-9,13H2,1-6H3. The van der Waals surface area contributed by atoms with Crippen LogP contribution in [0.25, 0.3) is 0 Å². The first kappa shape index (κ1) is 14.9. The van der Waals surface area contributed by atoms with Crippen molar-refractivity contribution in [2.45, 2.75) is 46.7 Å². The van der Waals surface area contributed by atoms with Crippen molar-refractivity contribution in [2.24, 2.45) is 11.1 Å². The first-order valence-electron chi connectivity index (χ1n) is 5.84. The molecule has 2 atom stereocenters. The van der Waals surface area contributed by atoms with Crippen molar-refractivity contribution in [1.82, 2.24) is 4.90 Å². The summed E-state index contributed by atoms with van der Waals surface area (Å²) in [5, 5.41) is 0. The molecule has 2 N–H and O–H groups in total. The van der Waals surface area contributed by atoms with Crippen LogP contribution in [-0.2, 0) is 4.74 Å². The van der Waals surface area contributed by atoms with E-state index in [9.17, 15) is 0 Å². The highest BCUT2D eigenvalue weighted by atomic mass is 16.5. The Morgan fingerprint density at radius 3 is 2.20 bits per heavy atom. The normalized spacial score (nSPS) is 16.8. The highest BCUT2D eigenvalue weighted by molar-refractivity contribution is 4.87. The van der Waals surface area contributed by atoms with Crippen molar-refractivity contribution in [1.29, 1.82) is 0 Å². The van der Waals surface area contributed by atoms with Crippen molar-refractivity contribution in [2.75, 3.05) is 26.8 Å². The molecule has 0 saturated carbocycles. The number of nitrogens with zero attached hydrogens (tertiary/aromatic N) is 1. The number of hydrogen-bond acceptors (Lipinski definition) is 3. The minimum Gasteiger partial charge on any atom is -0.380 e. The molecule has 0 rings (SSSR count). The SMILES string of the molecule is CCOCCN(C)C(C(C)N)C(C)(C)C. The van der Waals surface area contributed by atoms with Gasteiger partial charge in [0.2, 0.25) is 0 Å². The lowest BCUT2D eigenvalue weighted by molar-refractivity contribution is 0.0633. The minimum absolute atomic E-state index is 0.177. The molecule has 92 valence electrons. The van der Waals surface area contributed by atoms with E-state index >= 15 is 0 Å². The van der Waals surface area contributed by atoms with E-state index in [1.807, 2.05) is 6.92 Å². The summed E-state index contributed by atoms with van der Waals surface area (Å²) in [4.78, 5) is 2.31. The molecular formula is C12H28N2O. The van der Waals surface area contributed by atoms with Crippen LogP contribution >= 0.6 is 0 Å². The van der Waals surface area contributed by atoms with Gasteiger partial charge < -0.3 is 10.5 Å². The van der Waals surface area contributed by atoms with Crippen molar-refractivity contribution in [3.05, 3.63) is 0 Å². The van der Waals surface area contributed by atoms with Gasteiger partial charge in [0.15, 0.2) is 0 Å². The summed E-state index contributed by atoms with van der Waals surface area (Å²) in [5.74, 6) is 0. The van der Waals surface area contributed by atoms with Crippen LogP contribution in [0.5, 0.6) is 0 Å². The Morgan fingerprint density at radius 1 is 1.33 bits per heavy atom. The molecule has 0 aromatic rings. The molecule has 0 bridgehead atoms. The molecule has 2 unspecified atom stereocenters. The molecule has 0 radical (unpaired) electrons. The molecule has 0 aliphatic heterocycles. The number of rotatable bonds is 6. The zero-order chi connectivity index (χ0) is 12.1. The molecule has 0 aliphatic rings. The van der Waals surface area contributed by atoms with E-state index in [1.165, 1.54) is 0 Å². The summed E-state index contributed by atoms with van der Waals surface area (Å²) in [7, 11) is 2.12. The first-order chi connectivity index (χ1) is 6.80. The summed E-state index contributed by atoms with van der Waals surface area (Å²) >= 11 is 0. The number of hydrogen-bond donors (Lipinski definition) is 1. The van der Waals surface area contributed by atoms with Crippen LogP contribution in [0.2, 0.25) is 0 Å². The molecule has 15 heavy (non-hydrogen) atoms. The summed E-state index contributed by atoms with van der Waals surface area (Å²) < 4.78 is 5.36. The molecule has 3 nitrogen and oxygen atoms in total. The van der Waals surface area contributed by atoms with Gasteiger partial charge in [-0.15, -0.1) is 0 Å². The molecule has 0 spiro atoms. The average Bonchev–Trinajstić information content (AvgIpc) is 2.00. The molecule has 0 heterocycles. The third kappa shape index (κ3) is 5.50. The molecule has 3 heteroatoms. The predicted molar refractivity (Wildman–Crippen MR) is 66.0 cm³/mol. The third-order valence-corrected chi connectivity index (χ3v) is 2.65. The van der Waals surface area contributed by atoms with Crippen LogP contribution in [0.15, 0.2) is 0 Å². The summed E-state index contributed by atoms with van der Waals surface area (Å²) in [6, 6.07) is 0.564. The van der Waals surface area contributed by atoms with Crippen LogP contribution in [0.3, 0.4) is 0 Å². The van der Waals surface area contributed by atoms with Crippen molar-refractivity contribution in [3.8, 4) is 0 Å². The minimum atomic E-state index is 0.177. The van der Waals surface area contributed by atoms with Gasteiger partial charge in [0.05, 0.1) is 6.61 Å². The van der Waals surface area contributed by atoms with Gasteiger partial charge in [0, 0.05) is 25.2 Å². The smallest absolute Gasteiger partial charge is 0.0593 e. The summed E-state index contributed by atoms with van der Waals surface area (Å²) in [6.45, 7) is 13.3. The van der Waals surface area contributed by atoms with E-state index in [4.69, 9.17) is 10.5 Å². The summed E-state index contributed by atoms with van der Waals surface area (Å²) in [5.41, 5.74) is 6.25. The third-order valence-electron chi connectivity index (χ3n) is 2.65. The zero-order valence-corrected chi connectivity index (χ0v) is 11.2. The Labute approximate surface area is 95.0 Å². The molecule has 0 aromatic carbocycles. The Balaban J connectivity index is 4.24. The second-order valence-electron chi connectivity index (χ2n) is 5.35. The highest BCUT2D eigenvalue weighted by Gasteiger charge is 2.30. The number of likely N-dealkylation sites (N-methyl/N-ethyl adjacent to an activating group) is 1. The van der Waals surface area contributed by atoms with Crippen LogP contribution in [0, 0.1) is 5.41 Å². The summed E-state index contributed by atoms with van der Waals surface area (Å²) in [6.07, 6.45) is 0. The first-order valence-corrected chi connectivity index (χ1v) is 5.84. The van der Waals surface area contributed by atoms with E-state index in [-0.39, 0.29) is 11.5 Å². The largest absolute Gasteiger partial charge is 0.380 e. The van der Waals surface area contributed by atoms with Gasteiger partial charge >= 0.3 is 0 Å². The molecule has 0 amide bonds. The fraction of sp³-hybridized carbons (Fsp3) is 1.00. The van der Waals surface area contributed by atoms with Gasteiger partial charge in [-0.1, -0.05) is 20.8 Å². The Hall–Kier alpha value is -0.120. The number of nitrogens with two attached hydrogens (primary N) is 1. The van der Waals surface area contributed by atoms with E-state index in [0.717, 1.165) is 19.8 Å². The van der Waals surface area contributed by atoms with Gasteiger partial charge in [0.25, 0.3) is 0 Å². The molecule has 0 aromatic heterocycles. The lowest BCUT2D eigenvalue weighted by Gasteiger charge is -2.40. The van der Waals surface area contributed by atoms with Crippen LogP contribution in [0.4, 0.5) is 0 Å². The van der Waals surface area contributed by atoms with Gasteiger partial charge in [-0.25, -0.2) is 0 Å². The molecule has 0 saturated heterocycles. The monoisotopic (exact) mass is 216 g/mol. The fourth-order valence-corrected chi connectivity index (χ4v) is 2.34. The van der Waals surface area contributed by atoms with Crippen LogP contribution in [0.1, 0.15) is 34.6 Å². The van der Waals surface area contributed by atoms with Gasteiger partial charge in [-0.2, -0.15) is 0 Å². The van der Waals surface area contributed by atoms with E-state index in [1.54, 1.807) is 0 Å². The van der Waals surface area contributed by atoms with Gasteiger partial charge in [0.1, 0.15) is 0 Å². The quantitative estimate of drug-likeness (QED) is 0.687. The van der Waals surface area contributed by atoms with Crippen LogP contribution < -0.4 is 5.73 Å². The van der Waals surface area contributed by atoms with Crippen molar-refractivity contribution in [3.63, 3.8) is 0 Å². The number of ether oxygens (including phenoxy) is 1. The lowest BCUT2D eigenvalue weighted by atomic mass is 9.82. The maximum Gasteiger partial charge on any atom is 0.0593 e. The van der Waals surface area contributed by atoms with E-state index in [0.29, 0.717) is 6.04 Å². The Kier molecular flexibility index (Phi) is 6.41. The van der Waals surface area contributed by atoms with Gasteiger partial charge in [-0.3, -0.25) is 4.90 Å². The lowest BCUT2D eigenvalue weighted by Crippen LogP contribution is -2.52. The second-order valence-corrected chi connectivity index (χ2v) is 5.35. The Morgan fingerprint density at radius 2 is 1.87 bits per heavy atom. The predicted octanol–water partition coefficient (Wildman–Crippen LogP) is 1.72. The second kappa shape index (κ2) is 6.46.